The minimum absolute atomic E-state index is 0.0340. The molecule has 0 spiro atoms. The summed E-state index contributed by atoms with van der Waals surface area (Å²) in [7, 11) is 0. The van der Waals surface area contributed by atoms with Crippen molar-refractivity contribution in [3.63, 3.8) is 0 Å². The maximum Gasteiger partial charge on any atom is 0.254 e. The predicted octanol–water partition coefficient (Wildman–Crippen LogP) is 3.85. The highest BCUT2D eigenvalue weighted by atomic mass is 16.5. The van der Waals surface area contributed by atoms with Crippen LogP contribution < -0.4 is 0 Å². The molecular formula is C20H23NO2. The second-order valence-corrected chi connectivity index (χ2v) is 5.97. The Kier molecular flexibility index (Phi) is 5.09. The quantitative estimate of drug-likeness (QED) is 0.858. The highest BCUT2D eigenvalue weighted by molar-refractivity contribution is 5.94. The number of hydrogen-bond acceptors (Lipinski definition) is 2. The third-order valence-electron chi connectivity index (χ3n) is 4.26. The van der Waals surface area contributed by atoms with Gasteiger partial charge in [-0.25, -0.2) is 0 Å². The number of rotatable bonds is 4. The van der Waals surface area contributed by atoms with Gasteiger partial charge in [-0.05, 0) is 29.7 Å². The normalized spacial score (nSPS) is 18.0. The SMILES string of the molecule is CCCc1ccc(C(=O)N2CCO[C@H](c3ccccc3)C2)cc1. The van der Waals surface area contributed by atoms with E-state index in [2.05, 4.69) is 31.2 Å². The average molecular weight is 309 g/mol. The largest absolute Gasteiger partial charge is 0.370 e. The molecule has 0 N–H and O–H groups in total. The predicted molar refractivity (Wildman–Crippen MR) is 91.5 cm³/mol. The van der Waals surface area contributed by atoms with Crippen molar-refractivity contribution in [2.75, 3.05) is 19.7 Å². The van der Waals surface area contributed by atoms with Crippen LogP contribution in [-0.2, 0) is 11.2 Å². The molecule has 2 aromatic carbocycles. The molecule has 1 aliphatic rings. The Labute approximate surface area is 137 Å². The molecule has 1 atom stereocenters. The van der Waals surface area contributed by atoms with E-state index in [9.17, 15) is 4.79 Å². The lowest BCUT2D eigenvalue weighted by atomic mass is 10.1. The fourth-order valence-corrected chi connectivity index (χ4v) is 2.99. The zero-order chi connectivity index (χ0) is 16.1. The van der Waals surface area contributed by atoms with Gasteiger partial charge in [-0.3, -0.25) is 4.79 Å². The van der Waals surface area contributed by atoms with E-state index in [1.807, 2.05) is 35.2 Å². The monoisotopic (exact) mass is 309 g/mol. The molecule has 1 amide bonds. The molecule has 1 saturated heterocycles. The zero-order valence-corrected chi connectivity index (χ0v) is 13.6. The van der Waals surface area contributed by atoms with Crippen LogP contribution in [0.15, 0.2) is 54.6 Å². The van der Waals surface area contributed by atoms with Gasteiger partial charge in [0.2, 0.25) is 0 Å². The highest BCUT2D eigenvalue weighted by Crippen LogP contribution is 2.23. The van der Waals surface area contributed by atoms with Crippen LogP contribution in [0, 0.1) is 0 Å². The van der Waals surface area contributed by atoms with Gasteiger partial charge in [-0.2, -0.15) is 0 Å². The number of amides is 1. The van der Waals surface area contributed by atoms with E-state index < -0.39 is 0 Å². The number of morpholine rings is 1. The van der Waals surface area contributed by atoms with Crippen LogP contribution in [0.2, 0.25) is 0 Å². The number of nitrogens with zero attached hydrogens (tertiary/aromatic N) is 1. The molecule has 120 valence electrons. The fraction of sp³-hybridized carbons (Fsp3) is 0.350. The third-order valence-corrected chi connectivity index (χ3v) is 4.26. The molecule has 23 heavy (non-hydrogen) atoms. The summed E-state index contributed by atoms with van der Waals surface area (Å²) in [5.41, 5.74) is 3.18. The van der Waals surface area contributed by atoms with Gasteiger partial charge in [0.15, 0.2) is 0 Å². The summed E-state index contributed by atoms with van der Waals surface area (Å²) in [4.78, 5) is 14.6. The Morgan fingerprint density at radius 1 is 1.13 bits per heavy atom. The number of ether oxygens (including phenoxy) is 1. The van der Waals surface area contributed by atoms with Crippen LogP contribution >= 0.6 is 0 Å². The molecule has 3 heteroatoms. The van der Waals surface area contributed by atoms with Crippen molar-refractivity contribution in [1.29, 1.82) is 0 Å². The van der Waals surface area contributed by atoms with Crippen LogP contribution in [0.1, 0.15) is 40.9 Å². The first-order valence-electron chi connectivity index (χ1n) is 8.32. The van der Waals surface area contributed by atoms with E-state index in [1.165, 1.54) is 5.56 Å². The van der Waals surface area contributed by atoms with E-state index in [-0.39, 0.29) is 12.0 Å². The minimum atomic E-state index is -0.0340. The van der Waals surface area contributed by atoms with Crippen LogP contribution in [0.3, 0.4) is 0 Å². The molecule has 1 fully saturated rings. The molecule has 0 aliphatic carbocycles. The van der Waals surface area contributed by atoms with Crippen molar-refractivity contribution in [3.05, 3.63) is 71.3 Å². The fourth-order valence-electron chi connectivity index (χ4n) is 2.99. The van der Waals surface area contributed by atoms with Crippen LogP contribution in [0.5, 0.6) is 0 Å². The first kappa shape index (κ1) is 15.8. The summed E-state index contributed by atoms with van der Waals surface area (Å²) < 4.78 is 5.84. The lowest BCUT2D eigenvalue weighted by Gasteiger charge is -2.33. The Balaban J connectivity index is 1.69. The van der Waals surface area contributed by atoms with Crippen LogP contribution in [0.4, 0.5) is 0 Å². The topological polar surface area (TPSA) is 29.5 Å². The third kappa shape index (κ3) is 3.80. The first-order valence-corrected chi connectivity index (χ1v) is 8.32. The maximum absolute atomic E-state index is 12.7. The summed E-state index contributed by atoms with van der Waals surface area (Å²) in [6, 6.07) is 18.1. The Morgan fingerprint density at radius 2 is 1.87 bits per heavy atom. The summed E-state index contributed by atoms with van der Waals surface area (Å²) in [5, 5.41) is 0. The van der Waals surface area contributed by atoms with E-state index in [1.54, 1.807) is 0 Å². The van der Waals surface area contributed by atoms with Gasteiger partial charge in [0.25, 0.3) is 5.91 Å². The molecule has 3 rings (SSSR count). The molecular weight excluding hydrogens is 286 g/mol. The van der Waals surface area contributed by atoms with Gasteiger partial charge in [-0.15, -0.1) is 0 Å². The van der Waals surface area contributed by atoms with E-state index in [0.717, 1.165) is 24.0 Å². The molecule has 0 aromatic heterocycles. The summed E-state index contributed by atoms with van der Waals surface area (Å²) >= 11 is 0. The smallest absolute Gasteiger partial charge is 0.254 e. The van der Waals surface area contributed by atoms with Crippen LogP contribution in [-0.4, -0.2) is 30.5 Å². The van der Waals surface area contributed by atoms with Gasteiger partial charge in [0.1, 0.15) is 6.10 Å². The van der Waals surface area contributed by atoms with Gasteiger partial charge in [0.05, 0.1) is 13.2 Å². The van der Waals surface area contributed by atoms with Crippen molar-refractivity contribution in [2.45, 2.75) is 25.9 Å². The van der Waals surface area contributed by atoms with Crippen LogP contribution in [0.25, 0.3) is 0 Å². The molecule has 1 aliphatic heterocycles. The molecule has 0 bridgehead atoms. The lowest BCUT2D eigenvalue weighted by Crippen LogP contribution is -2.42. The highest BCUT2D eigenvalue weighted by Gasteiger charge is 2.25. The summed E-state index contributed by atoms with van der Waals surface area (Å²) in [6.07, 6.45) is 2.14. The van der Waals surface area contributed by atoms with E-state index in [0.29, 0.717) is 19.7 Å². The average Bonchev–Trinajstić information content (AvgIpc) is 2.63. The molecule has 0 radical (unpaired) electrons. The maximum atomic E-state index is 12.7. The molecule has 2 aromatic rings. The van der Waals surface area contributed by atoms with Gasteiger partial charge in [-0.1, -0.05) is 55.8 Å². The summed E-state index contributed by atoms with van der Waals surface area (Å²) in [6.45, 7) is 4.01. The Hall–Kier alpha value is -2.13. The van der Waals surface area contributed by atoms with Crippen molar-refractivity contribution < 1.29 is 9.53 Å². The van der Waals surface area contributed by atoms with Gasteiger partial charge < -0.3 is 9.64 Å². The van der Waals surface area contributed by atoms with Crippen molar-refractivity contribution in [1.82, 2.24) is 4.90 Å². The standard InChI is InChI=1S/C20H23NO2/c1-2-6-16-9-11-18(12-10-16)20(22)21-13-14-23-19(15-21)17-7-4-3-5-8-17/h3-5,7-12,19H,2,6,13-15H2,1H3/t19-/m0/s1. The molecule has 0 saturated carbocycles. The first-order chi connectivity index (χ1) is 11.3. The number of hydrogen-bond donors (Lipinski definition) is 0. The van der Waals surface area contributed by atoms with Gasteiger partial charge >= 0.3 is 0 Å². The zero-order valence-electron chi connectivity index (χ0n) is 13.6. The molecule has 1 heterocycles. The number of benzene rings is 2. The number of carbonyl (C=O) groups is 1. The van der Waals surface area contributed by atoms with E-state index in [4.69, 9.17) is 4.74 Å². The van der Waals surface area contributed by atoms with Gasteiger partial charge in [0, 0.05) is 12.1 Å². The second kappa shape index (κ2) is 7.42. The van der Waals surface area contributed by atoms with Crippen molar-refractivity contribution >= 4 is 5.91 Å². The van der Waals surface area contributed by atoms with Crippen molar-refractivity contribution in [2.24, 2.45) is 0 Å². The number of aryl methyl sites for hydroxylation is 1. The molecule has 0 unspecified atom stereocenters. The summed E-state index contributed by atoms with van der Waals surface area (Å²) in [5.74, 6) is 0.0947. The lowest BCUT2D eigenvalue weighted by molar-refractivity contribution is -0.0228. The Bertz CT molecular complexity index is 636. The Morgan fingerprint density at radius 3 is 2.57 bits per heavy atom. The van der Waals surface area contributed by atoms with E-state index >= 15 is 0 Å². The van der Waals surface area contributed by atoms with Crippen molar-refractivity contribution in [3.8, 4) is 0 Å². The molecule has 3 nitrogen and oxygen atoms in total. The second-order valence-electron chi connectivity index (χ2n) is 5.97. The minimum Gasteiger partial charge on any atom is -0.370 e. The number of carbonyl (C=O) groups excluding carboxylic acids is 1.